The van der Waals surface area contributed by atoms with E-state index in [0.29, 0.717) is 5.25 Å². The van der Waals surface area contributed by atoms with Gasteiger partial charge in [-0.05, 0) is 47.4 Å². The highest BCUT2D eigenvalue weighted by Crippen LogP contribution is 2.40. The number of rotatable bonds is 3. The van der Waals surface area contributed by atoms with E-state index in [9.17, 15) is 0 Å². The summed E-state index contributed by atoms with van der Waals surface area (Å²) in [6, 6.07) is 23.6. The van der Waals surface area contributed by atoms with Crippen molar-refractivity contribution in [2.75, 3.05) is 6.61 Å². The van der Waals surface area contributed by atoms with Crippen LogP contribution in [0.5, 0.6) is 0 Å². The van der Waals surface area contributed by atoms with Crippen molar-refractivity contribution in [2.45, 2.75) is 28.5 Å². The Labute approximate surface area is 161 Å². The number of fused-ring (bicyclic) bond motifs is 2. The van der Waals surface area contributed by atoms with Crippen molar-refractivity contribution in [3.05, 3.63) is 72.3 Å². The topological polar surface area (TPSA) is 22.1 Å². The smallest absolute Gasteiger partial charge is 0.151 e. The molecule has 0 N–H and O–H groups in total. The van der Waals surface area contributed by atoms with Crippen molar-refractivity contribution in [1.82, 2.24) is 4.98 Å². The van der Waals surface area contributed by atoms with Crippen molar-refractivity contribution in [2.24, 2.45) is 0 Å². The second-order valence-corrected chi connectivity index (χ2v) is 9.26. The summed E-state index contributed by atoms with van der Waals surface area (Å²) in [6.07, 6.45) is 2.31. The molecule has 1 saturated heterocycles. The molecule has 4 heteroatoms. The van der Waals surface area contributed by atoms with Crippen molar-refractivity contribution in [3.8, 4) is 0 Å². The number of ether oxygens (including phenoxy) is 1. The second-order valence-electron chi connectivity index (χ2n) is 6.68. The Morgan fingerprint density at radius 3 is 2.73 bits per heavy atom. The molecule has 0 spiro atoms. The second kappa shape index (κ2) is 7.03. The Hall–Kier alpha value is -1.88. The lowest BCUT2D eigenvalue weighted by atomic mass is 9.98. The number of hydrogen-bond donors (Lipinski definition) is 0. The van der Waals surface area contributed by atoms with E-state index in [1.807, 2.05) is 11.8 Å². The molecule has 0 unspecified atom stereocenters. The number of hydrogen-bond acceptors (Lipinski definition) is 4. The molecule has 0 radical (unpaired) electrons. The Kier molecular flexibility index (Phi) is 4.41. The van der Waals surface area contributed by atoms with E-state index >= 15 is 0 Å². The molecule has 5 rings (SSSR count). The minimum Gasteiger partial charge on any atom is -0.373 e. The lowest BCUT2D eigenvalue weighted by molar-refractivity contribution is 0.0179. The van der Waals surface area contributed by atoms with E-state index in [2.05, 4.69) is 66.7 Å². The maximum absolute atomic E-state index is 6.11. The number of nitrogens with zero attached hydrogens (tertiary/aromatic N) is 1. The number of aromatic nitrogens is 1. The predicted octanol–water partition coefficient (Wildman–Crippen LogP) is 6.46. The van der Waals surface area contributed by atoms with Crippen LogP contribution in [-0.4, -0.2) is 16.8 Å². The highest BCUT2D eigenvalue weighted by atomic mass is 32.2. The van der Waals surface area contributed by atoms with E-state index in [0.717, 1.165) is 25.0 Å². The molecular formula is C22H19NOS2. The molecule has 26 heavy (non-hydrogen) atoms. The van der Waals surface area contributed by atoms with E-state index in [1.165, 1.54) is 25.4 Å². The normalized spacial score (nSPS) is 20.6. The molecule has 0 amide bonds. The first-order valence-corrected chi connectivity index (χ1v) is 10.7. The molecule has 1 aromatic heterocycles. The van der Waals surface area contributed by atoms with Crippen molar-refractivity contribution in [1.29, 1.82) is 0 Å². The van der Waals surface area contributed by atoms with Crippen LogP contribution in [0.1, 0.15) is 24.5 Å². The van der Waals surface area contributed by atoms with Crippen molar-refractivity contribution < 1.29 is 4.74 Å². The molecular weight excluding hydrogens is 358 g/mol. The van der Waals surface area contributed by atoms with Crippen LogP contribution in [0.3, 0.4) is 0 Å². The molecule has 3 aromatic carbocycles. The van der Waals surface area contributed by atoms with Gasteiger partial charge in [0.25, 0.3) is 0 Å². The van der Waals surface area contributed by atoms with Gasteiger partial charge in [0.15, 0.2) is 4.34 Å². The van der Waals surface area contributed by atoms with Gasteiger partial charge in [-0.3, -0.25) is 0 Å². The Morgan fingerprint density at radius 1 is 0.962 bits per heavy atom. The third-order valence-corrected chi connectivity index (χ3v) is 7.35. The maximum Gasteiger partial charge on any atom is 0.151 e. The van der Waals surface area contributed by atoms with Gasteiger partial charge in [-0.2, -0.15) is 0 Å². The zero-order valence-electron chi connectivity index (χ0n) is 14.3. The first-order valence-electron chi connectivity index (χ1n) is 8.98. The summed E-state index contributed by atoms with van der Waals surface area (Å²) in [5, 5.41) is 3.13. The van der Waals surface area contributed by atoms with Crippen LogP contribution in [0.15, 0.2) is 71.1 Å². The Bertz CT molecular complexity index is 1030. The highest BCUT2D eigenvalue weighted by Gasteiger charge is 2.25. The number of benzene rings is 3. The standard InChI is InChI=1S/C22H19NOS2/c1-2-6-16-13-17(10-9-15(16)5-1)20-14-18(11-12-24-20)25-22-23-19-7-3-4-8-21(19)26-22/h1-10,13,18,20H,11-12,14H2/t18-,20+/m0/s1. The Balaban J connectivity index is 1.35. The van der Waals surface area contributed by atoms with E-state index < -0.39 is 0 Å². The first kappa shape index (κ1) is 16.3. The summed E-state index contributed by atoms with van der Waals surface area (Å²) in [6.45, 7) is 0.819. The summed E-state index contributed by atoms with van der Waals surface area (Å²) < 4.78 is 8.56. The van der Waals surface area contributed by atoms with Gasteiger partial charge in [0, 0.05) is 11.9 Å². The lowest BCUT2D eigenvalue weighted by Gasteiger charge is -2.29. The molecule has 2 nitrogen and oxygen atoms in total. The molecule has 4 aromatic rings. The lowest BCUT2D eigenvalue weighted by Crippen LogP contribution is -2.21. The number of thiazole rings is 1. The van der Waals surface area contributed by atoms with Crippen LogP contribution in [0, 0.1) is 0 Å². The molecule has 130 valence electrons. The fourth-order valence-corrected chi connectivity index (χ4v) is 6.05. The molecule has 1 fully saturated rings. The number of thioether (sulfide) groups is 1. The highest BCUT2D eigenvalue weighted by molar-refractivity contribution is 8.01. The molecule has 0 aliphatic carbocycles. The summed E-state index contributed by atoms with van der Waals surface area (Å²) in [7, 11) is 0. The van der Waals surface area contributed by atoms with Crippen LogP contribution in [-0.2, 0) is 4.74 Å². The fourth-order valence-electron chi connectivity index (χ4n) is 3.56. The SMILES string of the molecule is c1ccc2cc([C@H]3C[C@@H](Sc4nc5ccccc5s4)CCO3)ccc2c1. The van der Waals surface area contributed by atoms with E-state index in [-0.39, 0.29) is 6.10 Å². The Morgan fingerprint density at radius 2 is 1.81 bits per heavy atom. The molecule has 2 atom stereocenters. The molecule has 1 aliphatic rings. The van der Waals surface area contributed by atoms with E-state index in [4.69, 9.17) is 9.72 Å². The fraction of sp³-hybridized carbons (Fsp3) is 0.227. The zero-order chi connectivity index (χ0) is 17.3. The zero-order valence-corrected chi connectivity index (χ0v) is 15.9. The average Bonchev–Trinajstić information content (AvgIpc) is 3.10. The van der Waals surface area contributed by atoms with E-state index in [1.54, 1.807) is 11.3 Å². The van der Waals surface area contributed by atoms with Gasteiger partial charge in [-0.25, -0.2) is 4.98 Å². The molecule has 0 bridgehead atoms. The van der Waals surface area contributed by atoms with Gasteiger partial charge in [-0.15, -0.1) is 11.3 Å². The molecule has 0 saturated carbocycles. The minimum absolute atomic E-state index is 0.181. The van der Waals surface area contributed by atoms with Crippen LogP contribution in [0.25, 0.3) is 21.0 Å². The van der Waals surface area contributed by atoms with Crippen molar-refractivity contribution in [3.63, 3.8) is 0 Å². The van der Waals surface area contributed by atoms with Crippen molar-refractivity contribution >= 4 is 44.1 Å². The summed E-state index contributed by atoms with van der Waals surface area (Å²) >= 11 is 3.72. The maximum atomic E-state index is 6.11. The van der Waals surface area contributed by atoms with Crippen LogP contribution in [0.4, 0.5) is 0 Å². The van der Waals surface area contributed by atoms with Gasteiger partial charge in [0.05, 0.1) is 16.3 Å². The summed E-state index contributed by atoms with van der Waals surface area (Å²) in [5.74, 6) is 0. The third-order valence-electron chi connectivity index (χ3n) is 4.92. The quantitative estimate of drug-likeness (QED) is 0.409. The summed E-state index contributed by atoms with van der Waals surface area (Å²) in [5.41, 5.74) is 2.40. The monoisotopic (exact) mass is 377 g/mol. The number of para-hydroxylation sites is 1. The minimum atomic E-state index is 0.181. The van der Waals surface area contributed by atoms with Gasteiger partial charge < -0.3 is 4.74 Å². The van der Waals surface area contributed by atoms with Gasteiger partial charge >= 0.3 is 0 Å². The first-order chi connectivity index (χ1) is 12.8. The average molecular weight is 378 g/mol. The summed E-state index contributed by atoms with van der Waals surface area (Å²) in [4.78, 5) is 4.79. The molecule has 1 aliphatic heterocycles. The molecule has 2 heterocycles. The van der Waals surface area contributed by atoms with Gasteiger partial charge in [-0.1, -0.05) is 60.3 Å². The predicted molar refractivity (Wildman–Crippen MR) is 111 cm³/mol. The van der Waals surface area contributed by atoms with Gasteiger partial charge in [0.2, 0.25) is 0 Å². The third kappa shape index (κ3) is 3.25. The van der Waals surface area contributed by atoms with Gasteiger partial charge in [0.1, 0.15) is 0 Å². The van der Waals surface area contributed by atoms with Crippen LogP contribution >= 0.6 is 23.1 Å². The largest absolute Gasteiger partial charge is 0.373 e. The van der Waals surface area contributed by atoms with Crippen LogP contribution < -0.4 is 0 Å². The van der Waals surface area contributed by atoms with Crippen LogP contribution in [0.2, 0.25) is 0 Å².